The number of nitrogens with one attached hydrogen (secondary N) is 1. The van der Waals surface area contributed by atoms with E-state index >= 15 is 0 Å². The predicted octanol–water partition coefficient (Wildman–Crippen LogP) is 3.83. The second-order valence-corrected chi connectivity index (χ2v) is 7.95. The van der Waals surface area contributed by atoms with Crippen molar-refractivity contribution in [1.82, 2.24) is 20.1 Å². The van der Waals surface area contributed by atoms with E-state index in [9.17, 15) is 4.79 Å². The van der Waals surface area contributed by atoms with E-state index in [0.29, 0.717) is 30.6 Å². The molecule has 0 aliphatic heterocycles. The normalized spacial score (nSPS) is 11.3. The van der Waals surface area contributed by atoms with Crippen molar-refractivity contribution in [2.45, 2.75) is 45.3 Å². The summed E-state index contributed by atoms with van der Waals surface area (Å²) in [5.41, 5.74) is 0.876. The number of methoxy groups -OCH3 is 1. The van der Waals surface area contributed by atoms with Gasteiger partial charge in [0.15, 0.2) is 16.7 Å². The summed E-state index contributed by atoms with van der Waals surface area (Å²) in [5.74, 6) is 2.71. The van der Waals surface area contributed by atoms with Gasteiger partial charge in [-0.15, -0.1) is 10.2 Å². The third-order valence-electron chi connectivity index (χ3n) is 4.31. The molecule has 0 saturated heterocycles. The minimum Gasteiger partial charge on any atom is -0.493 e. The third-order valence-corrected chi connectivity index (χ3v) is 4.98. The van der Waals surface area contributed by atoms with E-state index < -0.39 is 0 Å². The van der Waals surface area contributed by atoms with Crippen LogP contribution in [-0.4, -0.2) is 47.2 Å². The number of nitrogens with zero attached hydrogens (tertiary/aromatic N) is 3. The van der Waals surface area contributed by atoms with Gasteiger partial charge >= 0.3 is 0 Å². The first kappa shape index (κ1) is 23.8. The van der Waals surface area contributed by atoms with Crippen LogP contribution in [0.3, 0.4) is 0 Å². The Morgan fingerprint density at radius 2 is 2.10 bits per heavy atom. The number of rotatable bonds is 12. The molecule has 1 amide bonds. The smallest absolute Gasteiger partial charge is 0.243 e. The lowest BCUT2D eigenvalue weighted by molar-refractivity contribution is -0.116. The highest BCUT2D eigenvalue weighted by Gasteiger charge is 2.12. The van der Waals surface area contributed by atoms with Crippen LogP contribution < -0.4 is 14.8 Å². The van der Waals surface area contributed by atoms with Gasteiger partial charge in [0.05, 0.1) is 13.7 Å². The van der Waals surface area contributed by atoms with Crippen molar-refractivity contribution in [2.75, 3.05) is 26.5 Å². The van der Waals surface area contributed by atoms with Gasteiger partial charge in [0, 0.05) is 25.6 Å². The van der Waals surface area contributed by atoms with Crippen LogP contribution in [0.25, 0.3) is 6.08 Å². The molecular formula is C22H32N4O3S. The lowest BCUT2D eigenvalue weighted by Crippen LogP contribution is -2.23. The van der Waals surface area contributed by atoms with Crippen molar-refractivity contribution in [1.29, 1.82) is 0 Å². The highest BCUT2D eigenvalue weighted by Crippen LogP contribution is 2.28. The summed E-state index contributed by atoms with van der Waals surface area (Å²) in [6.45, 7) is 8.31. The number of carbonyl (C=O) groups excluding carboxylic acids is 1. The number of hydrogen-bond acceptors (Lipinski definition) is 6. The van der Waals surface area contributed by atoms with Crippen molar-refractivity contribution >= 4 is 23.7 Å². The number of aromatic nitrogens is 3. The quantitative estimate of drug-likeness (QED) is 0.312. The van der Waals surface area contributed by atoms with Crippen LogP contribution in [0.4, 0.5) is 0 Å². The summed E-state index contributed by atoms with van der Waals surface area (Å²) >= 11 is 1.61. The molecule has 0 fully saturated rings. The van der Waals surface area contributed by atoms with Crippen LogP contribution in [0.15, 0.2) is 29.4 Å². The zero-order valence-corrected chi connectivity index (χ0v) is 19.3. The molecule has 1 N–H and O–H groups in total. The Hall–Kier alpha value is -2.48. The maximum atomic E-state index is 12.1. The number of carbonyl (C=O) groups is 1. The van der Waals surface area contributed by atoms with Gasteiger partial charge in [-0.1, -0.05) is 31.7 Å². The molecule has 30 heavy (non-hydrogen) atoms. The van der Waals surface area contributed by atoms with Gasteiger partial charge < -0.3 is 19.4 Å². The van der Waals surface area contributed by atoms with Gasteiger partial charge in [0.2, 0.25) is 5.91 Å². The maximum absolute atomic E-state index is 12.1. The molecule has 0 unspecified atom stereocenters. The van der Waals surface area contributed by atoms with E-state index in [-0.39, 0.29) is 5.91 Å². The average Bonchev–Trinajstić information content (AvgIpc) is 3.11. The van der Waals surface area contributed by atoms with Crippen molar-refractivity contribution < 1.29 is 14.3 Å². The lowest BCUT2D eigenvalue weighted by atomic mass is 10.2. The largest absolute Gasteiger partial charge is 0.493 e. The van der Waals surface area contributed by atoms with Gasteiger partial charge in [-0.05, 0) is 49.3 Å². The molecule has 7 nitrogen and oxygen atoms in total. The molecule has 1 aromatic carbocycles. The Morgan fingerprint density at radius 3 is 2.77 bits per heavy atom. The molecule has 0 spiro atoms. The summed E-state index contributed by atoms with van der Waals surface area (Å²) in [6, 6.07) is 5.58. The van der Waals surface area contributed by atoms with Crippen molar-refractivity contribution in [3.8, 4) is 11.5 Å². The molecule has 2 rings (SSSR count). The lowest BCUT2D eigenvalue weighted by Gasteiger charge is -2.11. The Labute approximate surface area is 183 Å². The van der Waals surface area contributed by atoms with Gasteiger partial charge in [-0.2, -0.15) is 0 Å². The van der Waals surface area contributed by atoms with Crippen LogP contribution in [0.1, 0.15) is 38.6 Å². The van der Waals surface area contributed by atoms with Crippen LogP contribution in [0, 0.1) is 5.92 Å². The molecule has 1 heterocycles. The molecule has 1 aromatic heterocycles. The molecule has 0 aliphatic carbocycles. The highest BCUT2D eigenvalue weighted by atomic mass is 32.2. The first-order valence-corrected chi connectivity index (χ1v) is 11.4. The van der Waals surface area contributed by atoms with Crippen LogP contribution in [0.2, 0.25) is 0 Å². The summed E-state index contributed by atoms with van der Waals surface area (Å²) in [5, 5.41) is 12.4. The summed E-state index contributed by atoms with van der Waals surface area (Å²) in [4.78, 5) is 12.1. The number of thioether (sulfide) groups is 1. The number of amides is 1. The van der Waals surface area contributed by atoms with E-state index in [1.807, 2.05) is 31.4 Å². The van der Waals surface area contributed by atoms with Crippen LogP contribution in [-0.2, 0) is 17.8 Å². The number of aryl methyl sites for hydroxylation is 1. The number of benzene rings is 1. The Bertz CT molecular complexity index is 849. The van der Waals surface area contributed by atoms with Gasteiger partial charge in [0.25, 0.3) is 0 Å². The SMILES string of the molecule is CCOc1cc(C=CC(=O)NCCCc2nnc(SC)n2CC(C)C)ccc1OC. The molecule has 0 aliphatic rings. The molecular weight excluding hydrogens is 400 g/mol. The first-order valence-electron chi connectivity index (χ1n) is 10.2. The predicted molar refractivity (Wildman–Crippen MR) is 121 cm³/mol. The van der Waals surface area contributed by atoms with Gasteiger partial charge in [-0.25, -0.2) is 0 Å². The zero-order chi connectivity index (χ0) is 21.9. The number of hydrogen-bond donors (Lipinski definition) is 1. The molecule has 164 valence electrons. The van der Waals surface area contributed by atoms with Crippen molar-refractivity contribution in [3.63, 3.8) is 0 Å². The third kappa shape index (κ3) is 7.09. The van der Waals surface area contributed by atoms with E-state index in [1.165, 1.54) is 6.08 Å². The topological polar surface area (TPSA) is 78.3 Å². The molecule has 0 bridgehead atoms. The fraction of sp³-hybridized carbons (Fsp3) is 0.500. The minimum absolute atomic E-state index is 0.128. The van der Waals surface area contributed by atoms with Crippen LogP contribution in [0.5, 0.6) is 11.5 Å². The second-order valence-electron chi connectivity index (χ2n) is 7.18. The minimum atomic E-state index is -0.128. The Morgan fingerprint density at radius 1 is 1.30 bits per heavy atom. The monoisotopic (exact) mass is 432 g/mol. The highest BCUT2D eigenvalue weighted by molar-refractivity contribution is 7.98. The van der Waals surface area contributed by atoms with E-state index in [0.717, 1.165) is 35.9 Å². The Balaban J connectivity index is 1.84. The zero-order valence-electron chi connectivity index (χ0n) is 18.5. The van der Waals surface area contributed by atoms with Gasteiger partial charge in [-0.3, -0.25) is 4.79 Å². The molecule has 0 atom stereocenters. The van der Waals surface area contributed by atoms with E-state index in [2.05, 4.69) is 33.9 Å². The molecule has 0 radical (unpaired) electrons. The van der Waals surface area contributed by atoms with Crippen LogP contribution >= 0.6 is 11.8 Å². The number of ether oxygens (including phenoxy) is 2. The molecule has 0 saturated carbocycles. The fourth-order valence-corrected chi connectivity index (χ4v) is 3.48. The van der Waals surface area contributed by atoms with Crippen molar-refractivity contribution in [3.05, 3.63) is 35.7 Å². The summed E-state index contributed by atoms with van der Waals surface area (Å²) in [6.07, 6.45) is 6.89. The summed E-state index contributed by atoms with van der Waals surface area (Å²) < 4.78 is 13.0. The Kier molecular flexibility index (Phi) is 9.73. The standard InChI is InChI=1S/C22H32N4O3S/c1-6-29-19-14-17(9-11-18(19)28-4)10-12-21(27)23-13-7-8-20-24-25-22(30-5)26(20)15-16(2)3/h9-12,14,16H,6-8,13,15H2,1-5H3,(H,23,27). The van der Waals surface area contributed by atoms with Crippen molar-refractivity contribution in [2.24, 2.45) is 5.92 Å². The van der Waals surface area contributed by atoms with Gasteiger partial charge in [0.1, 0.15) is 5.82 Å². The first-order chi connectivity index (χ1) is 14.5. The van der Waals surface area contributed by atoms with E-state index in [1.54, 1.807) is 24.9 Å². The summed E-state index contributed by atoms with van der Waals surface area (Å²) in [7, 11) is 1.61. The maximum Gasteiger partial charge on any atom is 0.243 e. The second kappa shape index (κ2) is 12.3. The molecule has 2 aromatic rings. The molecule has 8 heteroatoms. The fourth-order valence-electron chi connectivity index (χ4n) is 2.96. The van der Waals surface area contributed by atoms with E-state index in [4.69, 9.17) is 9.47 Å². The average molecular weight is 433 g/mol.